The molecule has 0 saturated heterocycles. The van der Waals surface area contributed by atoms with Gasteiger partial charge >= 0.3 is 0 Å². The number of hydrogen-bond donors (Lipinski definition) is 3. The van der Waals surface area contributed by atoms with Crippen molar-refractivity contribution in [3.63, 3.8) is 0 Å². The molecule has 0 spiro atoms. The van der Waals surface area contributed by atoms with Crippen LogP contribution in [0.1, 0.15) is 36.5 Å². The van der Waals surface area contributed by atoms with Gasteiger partial charge < -0.3 is 15.4 Å². The van der Waals surface area contributed by atoms with Crippen LogP contribution in [0.25, 0.3) is 0 Å². The topological polar surface area (TPSA) is 91.8 Å². The predicted octanol–water partition coefficient (Wildman–Crippen LogP) is 2.96. The van der Waals surface area contributed by atoms with Gasteiger partial charge in [-0.25, -0.2) is 18.1 Å². The summed E-state index contributed by atoms with van der Waals surface area (Å²) in [5.41, 5.74) is 3.35. The lowest BCUT2D eigenvalue weighted by Crippen LogP contribution is -2.37. The molecule has 0 aliphatic carbocycles. The molecule has 8 heteroatoms. The zero-order valence-electron chi connectivity index (χ0n) is 18.6. The van der Waals surface area contributed by atoms with Gasteiger partial charge in [0.25, 0.3) is 0 Å². The van der Waals surface area contributed by atoms with Crippen LogP contribution in [0.5, 0.6) is 0 Å². The third-order valence-electron chi connectivity index (χ3n) is 4.66. The van der Waals surface area contributed by atoms with E-state index in [0.29, 0.717) is 19.7 Å². The Hall–Kier alpha value is -2.42. The molecule has 0 unspecified atom stereocenters. The molecule has 170 valence electrons. The van der Waals surface area contributed by atoms with Crippen LogP contribution in [0.15, 0.2) is 58.4 Å². The van der Waals surface area contributed by atoms with Gasteiger partial charge in [-0.1, -0.05) is 55.3 Å². The lowest BCUT2D eigenvalue weighted by atomic mass is 10.1. The number of methoxy groups -OCH3 is 1. The number of hydrogen-bond acceptors (Lipinski definition) is 4. The summed E-state index contributed by atoms with van der Waals surface area (Å²) < 4.78 is 31.9. The molecule has 0 heterocycles. The average molecular weight is 447 g/mol. The van der Waals surface area contributed by atoms with Crippen molar-refractivity contribution in [1.82, 2.24) is 15.4 Å². The standard InChI is InChI=1S/C23H34N4O3S/c1-4-5-14-24-23(25-17-20-8-6-19(2)7-9-20)26-18-21-10-12-22(13-11-21)31(28,29)27-15-16-30-3/h6-13,27H,4-5,14-18H2,1-3H3,(H2,24,25,26). The highest BCUT2D eigenvalue weighted by Crippen LogP contribution is 2.11. The Morgan fingerprint density at radius 3 is 2.29 bits per heavy atom. The SMILES string of the molecule is CCCCNC(=NCc1ccc(S(=O)(=O)NCCOC)cc1)NCc1ccc(C)cc1. The number of aryl methyl sites for hydroxylation is 1. The molecule has 0 atom stereocenters. The minimum Gasteiger partial charge on any atom is -0.383 e. The highest BCUT2D eigenvalue weighted by molar-refractivity contribution is 7.89. The van der Waals surface area contributed by atoms with Crippen molar-refractivity contribution >= 4 is 16.0 Å². The van der Waals surface area contributed by atoms with Gasteiger partial charge in [-0.3, -0.25) is 0 Å². The maximum Gasteiger partial charge on any atom is 0.240 e. The molecule has 7 nitrogen and oxygen atoms in total. The van der Waals surface area contributed by atoms with Gasteiger partial charge in [-0.15, -0.1) is 0 Å². The van der Waals surface area contributed by atoms with Crippen LogP contribution in [-0.4, -0.2) is 41.2 Å². The fourth-order valence-corrected chi connectivity index (χ4v) is 3.77. The van der Waals surface area contributed by atoms with Gasteiger partial charge in [0.1, 0.15) is 0 Å². The first kappa shape index (κ1) is 24.8. The number of nitrogens with zero attached hydrogens (tertiary/aromatic N) is 1. The zero-order chi connectivity index (χ0) is 22.5. The predicted molar refractivity (Wildman–Crippen MR) is 126 cm³/mol. The summed E-state index contributed by atoms with van der Waals surface area (Å²) in [6, 6.07) is 15.2. The van der Waals surface area contributed by atoms with Crippen molar-refractivity contribution in [3.8, 4) is 0 Å². The summed E-state index contributed by atoms with van der Waals surface area (Å²) in [5, 5.41) is 6.73. The van der Waals surface area contributed by atoms with Crippen LogP contribution < -0.4 is 15.4 Å². The van der Waals surface area contributed by atoms with Crippen molar-refractivity contribution in [2.75, 3.05) is 26.8 Å². The van der Waals surface area contributed by atoms with E-state index in [9.17, 15) is 8.42 Å². The summed E-state index contributed by atoms with van der Waals surface area (Å²) in [7, 11) is -2.00. The smallest absolute Gasteiger partial charge is 0.240 e. The highest BCUT2D eigenvalue weighted by atomic mass is 32.2. The van der Waals surface area contributed by atoms with Crippen LogP contribution in [0.3, 0.4) is 0 Å². The lowest BCUT2D eigenvalue weighted by Gasteiger charge is -2.13. The summed E-state index contributed by atoms with van der Waals surface area (Å²) in [6.07, 6.45) is 2.17. The van der Waals surface area contributed by atoms with E-state index in [0.717, 1.165) is 30.9 Å². The molecular weight excluding hydrogens is 412 g/mol. The molecule has 2 rings (SSSR count). The maximum atomic E-state index is 12.3. The fraction of sp³-hybridized carbons (Fsp3) is 0.435. The van der Waals surface area contributed by atoms with Crippen LogP contribution in [-0.2, 0) is 27.8 Å². The Bertz CT molecular complexity index is 911. The second kappa shape index (κ2) is 13.1. The summed E-state index contributed by atoms with van der Waals surface area (Å²) in [5.74, 6) is 0.743. The molecule has 0 fully saturated rings. The molecule has 0 saturated carbocycles. The third kappa shape index (κ3) is 9.08. The molecule has 2 aromatic rings. The zero-order valence-corrected chi connectivity index (χ0v) is 19.5. The van der Waals surface area contributed by atoms with E-state index in [1.165, 1.54) is 18.2 Å². The average Bonchev–Trinajstić information content (AvgIpc) is 2.77. The van der Waals surface area contributed by atoms with Gasteiger partial charge in [-0.2, -0.15) is 0 Å². The van der Waals surface area contributed by atoms with Crippen LogP contribution in [0.2, 0.25) is 0 Å². The van der Waals surface area contributed by atoms with Crippen molar-refractivity contribution < 1.29 is 13.2 Å². The number of ether oxygens (including phenoxy) is 1. The number of rotatable bonds is 12. The van der Waals surface area contributed by atoms with Crippen molar-refractivity contribution in [2.45, 2.75) is 44.7 Å². The van der Waals surface area contributed by atoms with Crippen LogP contribution >= 0.6 is 0 Å². The number of guanidine groups is 1. The number of aliphatic imine (C=N–C) groups is 1. The Kier molecular flexibility index (Phi) is 10.5. The Morgan fingerprint density at radius 2 is 1.65 bits per heavy atom. The number of benzene rings is 2. The quantitative estimate of drug-likeness (QED) is 0.265. The minimum absolute atomic E-state index is 0.232. The van der Waals surface area contributed by atoms with Crippen molar-refractivity contribution in [2.24, 2.45) is 4.99 Å². The largest absolute Gasteiger partial charge is 0.383 e. The van der Waals surface area contributed by atoms with Crippen LogP contribution in [0, 0.1) is 6.92 Å². The van der Waals surface area contributed by atoms with E-state index in [-0.39, 0.29) is 11.4 Å². The van der Waals surface area contributed by atoms with E-state index in [2.05, 4.69) is 58.5 Å². The number of unbranched alkanes of at least 4 members (excludes halogenated alkanes) is 1. The van der Waals surface area contributed by atoms with Gasteiger partial charge in [0.15, 0.2) is 5.96 Å². The monoisotopic (exact) mass is 446 g/mol. The molecule has 3 N–H and O–H groups in total. The molecule has 0 aromatic heterocycles. The van der Waals surface area contributed by atoms with Gasteiger partial charge in [-0.05, 0) is 36.6 Å². The molecule has 0 bridgehead atoms. The number of sulfonamides is 1. The Balaban J connectivity index is 1.99. The molecule has 0 amide bonds. The Morgan fingerprint density at radius 1 is 0.968 bits per heavy atom. The van der Waals surface area contributed by atoms with Gasteiger partial charge in [0.2, 0.25) is 10.0 Å². The van der Waals surface area contributed by atoms with Crippen molar-refractivity contribution in [3.05, 3.63) is 65.2 Å². The van der Waals surface area contributed by atoms with E-state index in [1.807, 2.05) is 0 Å². The molecule has 31 heavy (non-hydrogen) atoms. The summed E-state index contributed by atoms with van der Waals surface area (Å²) >= 11 is 0. The second-order valence-corrected chi connectivity index (χ2v) is 9.09. The fourth-order valence-electron chi connectivity index (χ4n) is 2.76. The second-order valence-electron chi connectivity index (χ2n) is 7.32. The summed E-state index contributed by atoms with van der Waals surface area (Å²) in [4.78, 5) is 4.90. The van der Waals surface area contributed by atoms with E-state index >= 15 is 0 Å². The Labute approximate surface area is 186 Å². The molecular formula is C23H34N4O3S. The van der Waals surface area contributed by atoms with E-state index in [1.54, 1.807) is 24.3 Å². The molecule has 0 aliphatic heterocycles. The van der Waals surface area contributed by atoms with Gasteiger partial charge in [0, 0.05) is 26.7 Å². The molecule has 0 aliphatic rings. The molecule has 0 radical (unpaired) electrons. The lowest BCUT2D eigenvalue weighted by molar-refractivity contribution is 0.204. The minimum atomic E-state index is -3.53. The third-order valence-corrected chi connectivity index (χ3v) is 6.13. The first-order valence-electron chi connectivity index (χ1n) is 10.6. The van der Waals surface area contributed by atoms with Crippen molar-refractivity contribution in [1.29, 1.82) is 0 Å². The van der Waals surface area contributed by atoms with E-state index < -0.39 is 10.0 Å². The number of nitrogens with one attached hydrogen (secondary N) is 3. The first-order chi connectivity index (χ1) is 14.9. The highest BCUT2D eigenvalue weighted by Gasteiger charge is 2.12. The normalized spacial score (nSPS) is 12.0. The maximum absolute atomic E-state index is 12.3. The van der Waals surface area contributed by atoms with E-state index in [4.69, 9.17) is 4.74 Å². The molecule has 2 aromatic carbocycles. The summed E-state index contributed by atoms with van der Waals surface area (Å²) in [6.45, 7) is 6.77. The van der Waals surface area contributed by atoms with Crippen LogP contribution in [0.4, 0.5) is 0 Å². The first-order valence-corrected chi connectivity index (χ1v) is 12.1. The van der Waals surface area contributed by atoms with Gasteiger partial charge in [0.05, 0.1) is 18.0 Å².